The van der Waals surface area contributed by atoms with Crippen LogP contribution in [0.1, 0.15) is 6.92 Å². The molecule has 0 aromatic carbocycles. The number of hydrogen-bond donors (Lipinski definition) is 1. The topological polar surface area (TPSA) is 49.8 Å². The first kappa shape index (κ1) is 8.49. The molecule has 1 saturated heterocycles. The first-order valence-corrected chi connectivity index (χ1v) is 3.74. The quantitative estimate of drug-likeness (QED) is 0.537. The van der Waals surface area contributed by atoms with E-state index in [9.17, 15) is 4.79 Å². The Labute approximate surface area is 65.8 Å². The highest BCUT2D eigenvalue weighted by Gasteiger charge is 2.18. The molecule has 1 fully saturated rings. The summed E-state index contributed by atoms with van der Waals surface area (Å²) in [5.74, 6) is -0.197. The number of carbonyl (C=O) groups is 1. The van der Waals surface area contributed by atoms with E-state index in [4.69, 9.17) is 9.84 Å². The second-order valence-corrected chi connectivity index (χ2v) is 2.80. The largest absolute Gasteiger partial charge is 0.463 e. The Morgan fingerprint density at radius 1 is 1.82 bits per heavy atom. The molecule has 0 spiro atoms. The minimum absolute atomic E-state index is 0.197. The lowest BCUT2D eigenvalue weighted by atomic mass is 10.3. The lowest BCUT2D eigenvalue weighted by Crippen LogP contribution is -2.42. The number of esters is 1. The Kier molecular flexibility index (Phi) is 2.84. The van der Waals surface area contributed by atoms with Crippen molar-refractivity contribution < 1.29 is 14.6 Å². The van der Waals surface area contributed by atoms with Crippen molar-refractivity contribution in [1.29, 1.82) is 0 Å². The highest BCUT2D eigenvalue weighted by atomic mass is 16.5. The van der Waals surface area contributed by atoms with Crippen LogP contribution in [-0.4, -0.2) is 48.3 Å². The number of morpholine rings is 1. The predicted octanol–water partition coefficient (Wildman–Crippen LogP) is -0.774. The van der Waals surface area contributed by atoms with E-state index < -0.39 is 0 Å². The smallest absolute Gasteiger partial charge is 0.320 e. The van der Waals surface area contributed by atoms with E-state index in [2.05, 4.69) is 0 Å². The molecule has 0 amide bonds. The molecule has 64 valence electrons. The van der Waals surface area contributed by atoms with Crippen LogP contribution in [0.5, 0.6) is 0 Å². The molecule has 0 aromatic rings. The first-order chi connectivity index (χ1) is 5.18. The van der Waals surface area contributed by atoms with E-state index in [0.29, 0.717) is 19.7 Å². The summed E-state index contributed by atoms with van der Waals surface area (Å²) in [6.07, 6.45) is -0.374. The number of β-amino-alcohol motifs (C(OH)–C–C–N with tert-alkyl or cyclic N) is 1. The molecule has 1 heterocycles. The Morgan fingerprint density at radius 3 is 3.09 bits per heavy atom. The lowest BCUT2D eigenvalue weighted by Gasteiger charge is -2.26. The van der Waals surface area contributed by atoms with Crippen LogP contribution >= 0.6 is 0 Å². The van der Waals surface area contributed by atoms with E-state index in [1.807, 2.05) is 4.90 Å². The number of hydrogen-bond acceptors (Lipinski definition) is 4. The maximum atomic E-state index is 10.7. The highest BCUT2D eigenvalue weighted by Crippen LogP contribution is 1.98. The molecule has 4 nitrogen and oxygen atoms in total. The van der Waals surface area contributed by atoms with Gasteiger partial charge in [0.1, 0.15) is 6.61 Å². The van der Waals surface area contributed by atoms with Gasteiger partial charge in [-0.2, -0.15) is 0 Å². The minimum Gasteiger partial charge on any atom is -0.463 e. The van der Waals surface area contributed by atoms with Crippen LogP contribution in [0.15, 0.2) is 0 Å². The Morgan fingerprint density at radius 2 is 2.55 bits per heavy atom. The second-order valence-electron chi connectivity index (χ2n) is 2.80. The molecule has 1 atom stereocenters. The summed E-state index contributed by atoms with van der Waals surface area (Å²) in [6.45, 7) is 3.75. The van der Waals surface area contributed by atoms with Gasteiger partial charge in [0, 0.05) is 13.1 Å². The summed E-state index contributed by atoms with van der Waals surface area (Å²) >= 11 is 0. The number of cyclic esters (lactones) is 1. The van der Waals surface area contributed by atoms with Gasteiger partial charge in [-0.3, -0.25) is 9.69 Å². The number of aliphatic hydroxyl groups excluding tert-OH is 1. The summed E-state index contributed by atoms with van der Waals surface area (Å²) in [7, 11) is 0. The van der Waals surface area contributed by atoms with E-state index in [0.717, 1.165) is 6.54 Å². The average molecular weight is 159 g/mol. The SMILES string of the molecule is CC(O)CN1CCOC(=O)C1. The molecule has 11 heavy (non-hydrogen) atoms. The third-order valence-corrected chi connectivity index (χ3v) is 1.55. The predicted molar refractivity (Wildman–Crippen MR) is 39.1 cm³/mol. The van der Waals surface area contributed by atoms with Gasteiger partial charge in [0.05, 0.1) is 12.6 Å². The van der Waals surface area contributed by atoms with Crippen LogP contribution in [0.25, 0.3) is 0 Å². The number of ether oxygens (including phenoxy) is 1. The summed E-state index contributed by atoms with van der Waals surface area (Å²) in [5.41, 5.74) is 0. The van der Waals surface area contributed by atoms with Crippen molar-refractivity contribution in [2.45, 2.75) is 13.0 Å². The molecular formula is C7H13NO3. The van der Waals surface area contributed by atoms with Crippen LogP contribution in [0.3, 0.4) is 0 Å². The normalized spacial score (nSPS) is 22.9. The molecule has 1 aliphatic rings. The molecule has 1 rings (SSSR count). The fourth-order valence-electron chi connectivity index (χ4n) is 1.13. The van der Waals surface area contributed by atoms with E-state index in [-0.39, 0.29) is 12.1 Å². The third-order valence-electron chi connectivity index (χ3n) is 1.55. The molecule has 0 bridgehead atoms. The summed E-state index contributed by atoms with van der Waals surface area (Å²) in [4.78, 5) is 12.6. The van der Waals surface area contributed by atoms with Crippen molar-refractivity contribution in [3.05, 3.63) is 0 Å². The number of aliphatic hydroxyl groups is 1. The number of carbonyl (C=O) groups excluding carboxylic acids is 1. The molecule has 1 unspecified atom stereocenters. The van der Waals surface area contributed by atoms with Crippen molar-refractivity contribution in [3.63, 3.8) is 0 Å². The van der Waals surface area contributed by atoms with Crippen LogP contribution in [0, 0.1) is 0 Å². The zero-order chi connectivity index (χ0) is 8.27. The molecule has 0 aliphatic carbocycles. The highest BCUT2D eigenvalue weighted by molar-refractivity contribution is 5.72. The van der Waals surface area contributed by atoms with E-state index in [1.165, 1.54) is 0 Å². The van der Waals surface area contributed by atoms with Gasteiger partial charge in [0.2, 0.25) is 0 Å². The van der Waals surface area contributed by atoms with Crippen LogP contribution in [0.4, 0.5) is 0 Å². The molecule has 1 aliphatic heterocycles. The molecule has 0 radical (unpaired) electrons. The maximum absolute atomic E-state index is 10.7. The van der Waals surface area contributed by atoms with E-state index >= 15 is 0 Å². The summed E-state index contributed by atoms with van der Waals surface area (Å²) in [6, 6.07) is 0. The number of nitrogens with zero attached hydrogens (tertiary/aromatic N) is 1. The van der Waals surface area contributed by atoms with Crippen LogP contribution < -0.4 is 0 Å². The standard InChI is InChI=1S/C7H13NO3/c1-6(9)4-8-2-3-11-7(10)5-8/h6,9H,2-5H2,1H3. The van der Waals surface area contributed by atoms with Gasteiger partial charge in [-0.15, -0.1) is 0 Å². The zero-order valence-corrected chi connectivity index (χ0v) is 6.62. The van der Waals surface area contributed by atoms with Gasteiger partial charge in [-0.1, -0.05) is 0 Å². The zero-order valence-electron chi connectivity index (χ0n) is 6.62. The fourth-order valence-corrected chi connectivity index (χ4v) is 1.13. The second kappa shape index (κ2) is 3.69. The number of rotatable bonds is 2. The fraction of sp³-hybridized carbons (Fsp3) is 0.857. The summed E-state index contributed by atoms with van der Waals surface area (Å²) in [5, 5.41) is 9.00. The Bertz CT molecular complexity index is 147. The van der Waals surface area contributed by atoms with E-state index in [1.54, 1.807) is 6.92 Å². The van der Waals surface area contributed by atoms with Gasteiger partial charge in [-0.25, -0.2) is 0 Å². The minimum atomic E-state index is -0.374. The van der Waals surface area contributed by atoms with Crippen molar-refractivity contribution in [2.75, 3.05) is 26.2 Å². The monoisotopic (exact) mass is 159 g/mol. The molecule has 4 heteroatoms. The van der Waals surface area contributed by atoms with Crippen LogP contribution in [-0.2, 0) is 9.53 Å². The van der Waals surface area contributed by atoms with Gasteiger partial charge in [0.15, 0.2) is 0 Å². The van der Waals surface area contributed by atoms with Gasteiger partial charge >= 0.3 is 5.97 Å². The molecule has 0 aromatic heterocycles. The Hall–Kier alpha value is -0.610. The van der Waals surface area contributed by atoms with Crippen molar-refractivity contribution >= 4 is 5.97 Å². The van der Waals surface area contributed by atoms with Gasteiger partial charge in [0.25, 0.3) is 0 Å². The average Bonchev–Trinajstić information content (AvgIpc) is 1.85. The van der Waals surface area contributed by atoms with Crippen molar-refractivity contribution in [2.24, 2.45) is 0 Å². The molecular weight excluding hydrogens is 146 g/mol. The van der Waals surface area contributed by atoms with Gasteiger partial charge < -0.3 is 9.84 Å². The molecule has 1 N–H and O–H groups in total. The van der Waals surface area contributed by atoms with Crippen molar-refractivity contribution in [1.82, 2.24) is 4.90 Å². The van der Waals surface area contributed by atoms with Crippen molar-refractivity contribution in [3.8, 4) is 0 Å². The maximum Gasteiger partial charge on any atom is 0.320 e. The summed E-state index contributed by atoms with van der Waals surface area (Å²) < 4.78 is 4.73. The lowest BCUT2D eigenvalue weighted by molar-refractivity contribution is -0.150. The molecule has 0 saturated carbocycles. The van der Waals surface area contributed by atoms with Gasteiger partial charge in [-0.05, 0) is 6.92 Å². The third kappa shape index (κ3) is 2.86. The Balaban J connectivity index is 2.28. The first-order valence-electron chi connectivity index (χ1n) is 3.74. The van der Waals surface area contributed by atoms with Crippen LogP contribution in [0.2, 0.25) is 0 Å².